The van der Waals surface area contributed by atoms with Crippen LogP contribution in [0, 0.1) is 28.3 Å². The maximum Gasteiger partial charge on any atom is 0.249 e. The maximum atomic E-state index is 14.7. The standard InChI is InChI=1S/C27H24F3N3O2/c1-32-7-5-18(12-32)17-2-3-24(22(30)10-17)35-16-26-13-27(14-26,15-26)25(34)33-23(4-6-31-33)19-8-20(28)11-21(29)9-19/h2-3,5-12,23H,4,13-16H2,1H3. The molecule has 2 aromatic carbocycles. The summed E-state index contributed by atoms with van der Waals surface area (Å²) in [5.41, 5.74) is 1.44. The lowest BCUT2D eigenvalue weighted by molar-refractivity contribution is -0.227. The zero-order valence-electron chi connectivity index (χ0n) is 19.2. The van der Waals surface area contributed by atoms with Gasteiger partial charge in [0.15, 0.2) is 11.6 Å². The Morgan fingerprint density at radius 2 is 1.80 bits per heavy atom. The number of ether oxygens (including phenoxy) is 1. The van der Waals surface area contributed by atoms with E-state index in [9.17, 15) is 18.0 Å². The number of hydrazone groups is 1. The van der Waals surface area contributed by atoms with Gasteiger partial charge in [0.2, 0.25) is 5.91 Å². The summed E-state index contributed by atoms with van der Waals surface area (Å²) in [5, 5.41) is 5.59. The average molecular weight is 480 g/mol. The molecule has 1 atom stereocenters. The zero-order chi connectivity index (χ0) is 24.4. The third-order valence-electron chi connectivity index (χ3n) is 7.53. The summed E-state index contributed by atoms with van der Waals surface area (Å²) in [7, 11) is 1.91. The van der Waals surface area contributed by atoms with Crippen LogP contribution < -0.4 is 4.74 Å². The van der Waals surface area contributed by atoms with Crippen LogP contribution in [0.5, 0.6) is 5.75 Å². The smallest absolute Gasteiger partial charge is 0.249 e. The molecule has 180 valence electrons. The fraction of sp³-hybridized carbons (Fsp3) is 0.333. The Labute approximate surface area is 200 Å². The number of benzene rings is 2. The van der Waals surface area contributed by atoms with Crippen LogP contribution >= 0.6 is 0 Å². The van der Waals surface area contributed by atoms with Gasteiger partial charge in [0, 0.05) is 43.6 Å². The Hall–Kier alpha value is -3.55. The molecule has 3 aliphatic carbocycles. The second-order valence-electron chi connectivity index (χ2n) is 10.2. The van der Waals surface area contributed by atoms with Crippen LogP contribution in [-0.2, 0) is 11.8 Å². The Morgan fingerprint density at radius 1 is 1.06 bits per heavy atom. The Morgan fingerprint density at radius 3 is 2.46 bits per heavy atom. The van der Waals surface area contributed by atoms with Crippen molar-refractivity contribution >= 4 is 12.1 Å². The average Bonchev–Trinajstić information content (AvgIpc) is 3.41. The van der Waals surface area contributed by atoms with Gasteiger partial charge in [-0.3, -0.25) is 4.79 Å². The number of aromatic nitrogens is 1. The van der Waals surface area contributed by atoms with Crippen LogP contribution in [0.15, 0.2) is 60.0 Å². The van der Waals surface area contributed by atoms with E-state index in [1.165, 1.54) is 23.2 Å². The summed E-state index contributed by atoms with van der Waals surface area (Å²) in [6.07, 6.45) is 7.77. The number of hydrogen-bond acceptors (Lipinski definition) is 3. The summed E-state index contributed by atoms with van der Waals surface area (Å²) >= 11 is 0. The molecule has 3 saturated carbocycles. The molecular weight excluding hydrogens is 455 g/mol. The first-order chi connectivity index (χ1) is 16.8. The third-order valence-corrected chi connectivity index (χ3v) is 7.53. The first-order valence-corrected chi connectivity index (χ1v) is 11.6. The number of carbonyl (C=O) groups is 1. The molecule has 1 aliphatic heterocycles. The highest BCUT2D eigenvalue weighted by Gasteiger charge is 2.73. The van der Waals surface area contributed by atoms with Crippen molar-refractivity contribution in [3.05, 3.63) is 77.9 Å². The van der Waals surface area contributed by atoms with Crippen molar-refractivity contribution < 1.29 is 22.7 Å². The van der Waals surface area contributed by atoms with E-state index in [-0.39, 0.29) is 17.1 Å². The van der Waals surface area contributed by atoms with Crippen LogP contribution in [0.25, 0.3) is 11.1 Å². The van der Waals surface area contributed by atoms with Crippen LogP contribution in [0.4, 0.5) is 13.2 Å². The molecule has 0 saturated heterocycles. The molecule has 4 aliphatic rings. The van der Waals surface area contributed by atoms with Gasteiger partial charge in [-0.25, -0.2) is 18.2 Å². The van der Waals surface area contributed by atoms with Crippen molar-refractivity contribution in [1.82, 2.24) is 9.58 Å². The lowest BCUT2D eigenvalue weighted by Crippen LogP contribution is -2.69. The minimum Gasteiger partial charge on any atom is -0.490 e. The molecule has 7 rings (SSSR count). The molecule has 0 spiro atoms. The van der Waals surface area contributed by atoms with Gasteiger partial charge in [-0.2, -0.15) is 5.10 Å². The van der Waals surface area contributed by atoms with E-state index in [2.05, 4.69) is 5.10 Å². The summed E-state index contributed by atoms with van der Waals surface area (Å²) in [5.74, 6) is -1.69. The second-order valence-corrected chi connectivity index (χ2v) is 10.2. The van der Waals surface area contributed by atoms with E-state index < -0.39 is 28.9 Å². The Bertz CT molecular complexity index is 1330. The molecule has 35 heavy (non-hydrogen) atoms. The van der Waals surface area contributed by atoms with Gasteiger partial charge in [-0.1, -0.05) is 6.07 Å². The predicted molar refractivity (Wildman–Crippen MR) is 124 cm³/mol. The summed E-state index contributed by atoms with van der Waals surface area (Å²) in [4.78, 5) is 13.3. The van der Waals surface area contributed by atoms with Crippen molar-refractivity contribution in [3.8, 4) is 16.9 Å². The molecule has 0 N–H and O–H groups in total. The molecule has 8 heteroatoms. The molecule has 3 fully saturated rings. The van der Waals surface area contributed by atoms with E-state index in [4.69, 9.17) is 4.74 Å². The van der Waals surface area contributed by atoms with E-state index in [0.29, 0.717) is 37.9 Å². The molecule has 3 aromatic rings. The third kappa shape index (κ3) is 3.63. The monoisotopic (exact) mass is 479 g/mol. The van der Waals surface area contributed by atoms with Gasteiger partial charge in [-0.05, 0) is 66.3 Å². The van der Waals surface area contributed by atoms with Crippen LogP contribution in [0.1, 0.15) is 37.3 Å². The fourth-order valence-electron chi connectivity index (χ4n) is 5.98. The minimum atomic E-state index is -0.676. The molecule has 0 radical (unpaired) electrons. The van der Waals surface area contributed by atoms with Crippen LogP contribution in [-0.4, -0.2) is 28.3 Å². The highest BCUT2D eigenvalue weighted by Crippen LogP contribution is 2.74. The van der Waals surface area contributed by atoms with Crippen LogP contribution in [0.3, 0.4) is 0 Å². The highest BCUT2D eigenvalue weighted by atomic mass is 19.1. The van der Waals surface area contributed by atoms with Crippen molar-refractivity contribution in [3.63, 3.8) is 0 Å². The van der Waals surface area contributed by atoms with E-state index in [1.807, 2.05) is 36.1 Å². The molecule has 1 aromatic heterocycles. The van der Waals surface area contributed by atoms with Gasteiger partial charge in [-0.15, -0.1) is 0 Å². The molecule has 1 amide bonds. The maximum absolute atomic E-state index is 14.7. The first kappa shape index (κ1) is 21.9. The van der Waals surface area contributed by atoms with E-state index in [0.717, 1.165) is 17.2 Å². The highest BCUT2D eigenvalue weighted by molar-refractivity contribution is 5.88. The lowest BCUT2D eigenvalue weighted by atomic mass is 9.35. The van der Waals surface area contributed by atoms with E-state index in [1.54, 1.807) is 12.3 Å². The van der Waals surface area contributed by atoms with Crippen molar-refractivity contribution in [2.45, 2.75) is 31.7 Å². The number of halogens is 3. The SMILES string of the molecule is Cn1ccc(-c2ccc(OCC34CC(C(=O)N5N=CCC5c5cc(F)cc(F)c5)(C3)C4)c(F)c2)c1. The Balaban J connectivity index is 1.08. The van der Waals surface area contributed by atoms with Gasteiger partial charge in [0.1, 0.15) is 11.6 Å². The number of hydrogen-bond donors (Lipinski definition) is 0. The molecule has 1 unspecified atom stereocenters. The molecule has 5 nitrogen and oxygen atoms in total. The number of rotatable bonds is 6. The minimum absolute atomic E-state index is 0.124. The molecular formula is C27H24F3N3O2. The van der Waals surface area contributed by atoms with E-state index >= 15 is 0 Å². The Kier molecular flexibility index (Phi) is 4.85. The van der Waals surface area contributed by atoms with Gasteiger partial charge >= 0.3 is 0 Å². The number of amides is 1. The summed E-state index contributed by atoms with van der Waals surface area (Å²) < 4.78 is 49.8. The van der Waals surface area contributed by atoms with Crippen molar-refractivity contribution in [1.29, 1.82) is 0 Å². The van der Waals surface area contributed by atoms with Crippen LogP contribution in [0.2, 0.25) is 0 Å². The number of aryl methyl sites for hydroxylation is 1. The van der Waals surface area contributed by atoms with Crippen molar-refractivity contribution in [2.24, 2.45) is 23.0 Å². The van der Waals surface area contributed by atoms with Gasteiger partial charge in [0.05, 0.1) is 18.1 Å². The normalized spacial score (nSPS) is 26.4. The lowest BCUT2D eigenvalue weighted by Gasteiger charge is -2.69. The van der Waals surface area contributed by atoms with Crippen molar-refractivity contribution in [2.75, 3.05) is 6.61 Å². The number of carbonyl (C=O) groups excluding carboxylic acids is 1. The van der Waals surface area contributed by atoms with Gasteiger partial charge < -0.3 is 9.30 Å². The second kappa shape index (κ2) is 7.73. The summed E-state index contributed by atoms with van der Waals surface area (Å²) in [6.45, 7) is 0.339. The molecule has 2 bridgehead atoms. The molecule has 2 heterocycles. The topological polar surface area (TPSA) is 46.8 Å². The quantitative estimate of drug-likeness (QED) is 0.461. The zero-order valence-corrected chi connectivity index (χ0v) is 19.2. The first-order valence-electron chi connectivity index (χ1n) is 11.6. The van der Waals surface area contributed by atoms with Gasteiger partial charge in [0.25, 0.3) is 0 Å². The summed E-state index contributed by atoms with van der Waals surface area (Å²) in [6, 6.07) is 9.68. The fourth-order valence-corrected chi connectivity index (χ4v) is 5.98. The number of nitrogens with zero attached hydrogens (tertiary/aromatic N) is 3. The predicted octanol–water partition coefficient (Wildman–Crippen LogP) is 5.62. The largest absolute Gasteiger partial charge is 0.490 e.